The molecule has 0 unspecified atom stereocenters. The molecule has 2 aromatic heterocycles. The van der Waals surface area contributed by atoms with Crippen LogP contribution in [-0.2, 0) is 4.74 Å². The zero-order valence-corrected chi connectivity index (χ0v) is 10.2. The Morgan fingerprint density at radius 3 is 2.78 bits per heavy atom. The van der Waals surface area contributed by atoms with Crippen LogP contribution in [0.25, 0.3) is 5.82 Å². The molecule has 0 aliphatic carbocycles. The Morgan fingerprint density at radius 1 is 1.39 bits per heavy atom. The van der Waals surface area contributed by atoms with Gasteiger partial charge in [0.05, 0.1) is 31.7 Å². The highest BCUT2D eigenvalue weighted by molar-refractivity contribution is 5.89. The molecule has 0 atom stereocenters. The smallest absolute Gasteiger partial charge is 0.339 e. The van der Waals surface area contributed by atoms with Crippen LogP contribution in [0.3, 0.4) is 0 Å². The lowest BCUT2D eigenvalue weighted by Gasteiger charge is -2.03. The highest BCUT2D eigenvalue weighted by Crippen LogP contribution is 2.12. The second kappa shape index (κ2) is 5.31. The van der Waals surface area contributed by atoms with Crippen molar-refractivity contribution in [2.45, 2.75) is 6.92 Å². The van der Waals surface area contributed by atoms with Gasteiger partial charge in [-0.3, -0.25) is 0 Å². The highest BCUT2D eigenvalue weighted by atomic mass is 16.5. The summed E-state index contributed by atoms with van der Waals surface area (Å²) in [5.41, 5.74) is 0.416. The Morgan fingerprint density at radius 2 is 2.22 bits per heavy atom. The second-order valence-electron chi connectivity index (χ2n) is 3.45. The van der Waals surface area contributed by atoms with Crippen LogP contribution in [0.1, 0.15) is 17.3 Å². The number of ether oxygens (including phenoxy) is 2. The van der Waals surface area contributed by atoms with Gasteiger partial charge in [0.2, 0.25) is 0 Å². The van der Waals surface area contributed by atoms with Gasteiger partial charge in [0.15, 0.2) is 11.6 Å². The van der Waals surface area contributed by atoms with E-state index in [1.807, 2.05) is 0 Å². The molecule has 0 aliphatic heterocycles. The van der Waals surface area contributed by atoms with E-state index in [0.717, 1.165) is 0 Å². The standard InChI is InChI=1S/C12H13N3O3/c1-3-18-12(16)9-4-5-11(13-6-9)15-8-10(17-2)7-14-15/h4-8H,3H2,1-2H3. The third-order valence-corrected chi connectivity index (χ3v) is 2.29. The van der Waals surface area contributed by atoms with Crippen LogP contribution >= 0.6 is 0 Å². The summed E-state index contributed by atoms with van der Waals surface area (Å²) < 4.78 is 11.5. The van der Waals surface area contributed by atoms with E-state index < -0.39 is 0 Å². The van der Waals surface area contributed by atoms with E-state index in [2.05, 4.69) is 10.1 Å². The quantitative estimate of drug-likeness (QED) is 0.765. The Bertz CT molecular complexity index is 534. The fourth-order valence-electron chi connectivity index (χ4n) is 1.39. The topological polar surface area (TPSA) is 66.2 Å². The van der Waals surface area contributed by atoms with Crippen molar-refractivity contribution in [1.29, 1.82) is 0 Å². The molecule has 2 heterocycles. The van der Waals surface area contributed by atoms with Gasteiger partial charge in [-0.05, 0) is 19.1 Å². The number of esters is 1. The van der Waals surface area contributed by atoms with Crippen molar-refractivity contribution in [2.24, 2.45) is 0 Å². The molecule has 0 aromatic carbocycles. The van der Waals surface area contributed by atoms with Crippen molar-refractivity contribution < 1.29 is 14.3 Å². The molecule has 2 aromatic rings. The number of hydrogen-bond donors (Lipinski definition) is 0. The Balaban J connectivity index is 2.19. The van der Waals surface area contributed by atoms with Crippen LogP contribution in [0.2, 0.25) is 0 Å². The van der Waals surface area contributed by atoms with Gasteiger partial charge >= 0.3 is 5.97 Å². The molecule has 6 nitrogen and oxygen atoms in total. The summed E-state index contributed by atoms with van der Waals surface area (Å²) in [6.45, 7) is 2.10. The van der Waals surface area contributed by atoms with Crippen LogP contribution in [-0.4, -0.2) is 34.5 Å². The molecule has 0 bridgehead atoms. The van der Waals surface area contributed by atoms with Crippen molar-refractivity contribution in [1.82, 2.24) is 14.8 Å². The second-order valence-corrected chi connectivity index (χ2v) is 3.45. The van der Waals surface area contributed by atoms with E-state index in [0.29, 0.717) is 23.7 Å². The first-order chi connectivity index (χ1) is 8.74. The number of methoxy groups -OCH3 is 1. The summed E-state index contributed by atoms with van der Waals surface area (Å²) in [6, 6.07) is 3.34. The monoisotopic (exact) mass is 247 g/mol. The Labute approximate surface area is 104 Å². The average Bonchev–Trinajstić information content (AvgIpc) is 2.88. The van der Waals surface area contributed by atoms with Crippen molar-refractivity contribution in [2.75, 3.05) is 13.7 Å². The molecular weight excluding hydrogens is 234 g/mol. The van der Waals surface area contributed by atoms with E-state index in [9.17, 15) is 4.79 Å². The minimum absolute atomic E-state index is 0.344. The molecule has 0 fully saturated rings. The number of hydrogen-bond acceptors (Lipinski definition) is 5. The lowest BCUT2D eigenvalue weighted by Crippen LogP contribution is -2.06. The number of aromatic nitrogens is 3. The zero-order chi connectivity index (χ0) is 13.0. The Kier molecular flexibility index (Phi) is 3.57. The molecule has 0 spiro atoms. The molecule has 0 saturated carbocycles. The summed E-state index contributed by atoms with van der Waals surface area (Å²) in [5, 5.41) is 4.08. The molecule has 6 heteroatoms. The fraction of sp³-hybridized carbons (Fsp3) is 0.250. The van der Waals surface area contributed by atoms with E-state index >= 15 is 0 Å². The van der Waals surface area contributed by atoms with Crippen molar-refractivity contribution in [3.05, 3.63) is 36.3 Å². The largest absolute Gasteiger partial charge is 0.493 e. The molecule has 0 radical (unpaired) electrons. The molecule has 94 valence electrons. The third-order valence-electron chi connectivity index (χ3n) is 2.29. The molecule has 0 amide bonds. The summed E-state index contributed by atoms with van der Waals surface area (Å²) in [7, 11) is 1.57. The maximum absolute atomic E-state index is 11.4. The van der Waals surface area contributed by atoms with Crippen molar-refractivity contribution in [3.63, 3.8) is 0 Å². The van der Waals surface area contributed by atoms with Gasteiger partial charge in [0.1, 0.15) is 0 Å². The molecule has 2 rings (SSSR count). The maximum atomic E-state index is 11.4. The minimum atomic E-state index is -0.380. The zero-order valence-electron chi connectivity index (χ0n) is 10.2. The normalized spacial score (nSPS) is 10.1. The van der Waals surface area contributed by atoms with E-state index in [-0.39, 0.29) is 5.97 Å². The minimum Gasteiger partial charge on any atom is -0.493 e. The number of rotatable bonds is 4. The number of pyridine rings is 1. The SMILES string of the molecule is CCOC(=O)c1ccc(-n2cc(OC)cn2)nc1. The molecule has 0 aliphatic rings. The molecule has 18 heavy (non-hydrogen) atoms. The van der Waals surface area contributed by atoms with Crippen molar-refractivity contribution in [3.8, 4) is 11.6 Å². The first kappa shape index (κ1) is 12.1. The molecule has 0 N–H and O–H groups in total. The molecular formula is C12H13N3O3. The predicted molar refractivity (Wildman–Crippen MR) is 63.9 cm³/mol. The summed E-state index contributed by atoms with van der Waals surface area (Å²) >= 11 is 0. The fourth-order valence-corrected chi connectivity index (χ4v) is 1.39. The van der Waals surface area contributed by atoms with E-state index in [1.54, 1.807) is 43.2 Å². The van der Waals surface area contributed by atoms with Gasteiger partial charge in [0.25, 0.3) is 0 Å². The molecule has 0 saturated heterocycles. The lowest BCUT2D eigenvalue weighted by molar-refractivity contribution is 0.0526. The lowest BCUT2D eigenvalue weighted by atomic mass is 10.3. The number of nitrogens with zero attached hydrogens (tertiary/aromatic N) is 3. The van der Waals surface area contributed by atoms with E-state index in [4.69, 9.17) is 9.47 Å². The maximum Gasteiger partial charge on any atom is 0.339 e. The van der Waals surface area contributed by atoms with Gasteiger partial charge in [-0.15, -0.1) is 0 Å². The van der Waals surface area contributed by atoms with Gasteiger partial charge in [-0.1, -0.05) is 0 Å². The van der Waals surface area contributed by atoms with Crippen LogP contribution in [0.15, 0.2) is 30.7 Å². The van der Waals surface area contributed by atoms with Gasteiger partial charge in [-0.25, -0.2) is 14.5 Å². The summed E-state index contributed by atoms with van der Waals surface area (Å²) in [4.78, 5) is 15.6. The first-order valence-corrected chi connectivity index (χ1v) is 5.46. The first-order valence-electron chi connectivity index (χ1n) is 5.46. The van der Waals surface area contributed by atoms with Gasteiger partial charge in [0, 0.05) is 6.20 Å². The average molecular weight is 247 g/mol. The van der Waals surface area contributed by atoms with Gasteiger partial charge < -0.3 is 9.47 Å². The third kappa shape index (κ3) is 2.48. The van der Waals surface area contributed by atoms with Crippen LogP contribution in [0, 0.1) is 0 Å². The van der Waals surface area contributed by atoms with Crippen LogP contribution < -0.4 is 4.74 Å². The van der Waals surface area contributed by atoms with Gasteiger partial charge in [-0.2, -0.15) is 5.10 Å². The Hall–Kier alpha value is -2.37. The van der Waals surface area contributed by atoms with E-state index in [1.165, 1.54) is 6.20 Å². The predicted octanol–water partition coefficient (Wildman–Crippen LogP) is 1.45. The summed E-state index contributed by atoms with van der Waals surface area (Å²) in [6.07, 6.45) is 4.74. The van der Waals surface area contributed by atoms with Crippen LogP contribution in [0.4, 0.5) is 0 Å². The number of carbonyl (C=O) groups is 1. The highest BCUT2D eigenvalue weighted by Gasteiger charge is 2.08. The van der Waals surface area contributed by atoms with Crippen molar-refractivity contribution >= 4 is 5.97 Å². The van der Waals surface area contributed by atoms with Crippen LogP contribution in [0.5, 0.6) is 5.75 Å². The number of carbonyl (C=O) groups excluding carboxylic acids is 1. The summed E-state index contributed by atoms with van der Waals surface area (Å²) in [5.74, 6) is 0.868.